The van der Waals surface area contributed by atoms with Crippen LogP contribution >= 0.6 is 0 Å². The topological polar surface area (TPSA) is 36.4 Å². The highest BCUT2D eigenvalue weighted by atomic mass is 16.2. The third kappa shape index (κ3) is 3.34. The summed E-state index contributed by atoms with van der Waals surface area (Å²) in [5, 5.41) is 0. The highest BCUT2D eigenvalue weighted by Crippen LogP contribution is 2.35. The Balaban J connectivity index is 1.48. The van der Waals surface area contributed by atoms with Crippen LogP contribution in [0.3, 0.4) is 0 Å². The van der Waals surface area contributed by atoms with E-state index in [-0.39, 0.29) is 12.0 Å². The molecule has 130 valence electrons. The van der Waals surface area contributed by atoms with Crippen LogP contribution in [0.2, 0.25) is 0 Å². The van der Waals surface area contributed by atoms with Crippen molar-refractivity contribution in [3.8, 4) is 0 Å². The molecule has 3 fully saturated rings. The second-order valence-electron chi connectivity index (χ2n) is 7.71. The van der Waals surface area contributed by atoms with Crippen LogP contribution in [0.4, 0.5) is 0 Å². The SMILES string of the molecule is O=C(C1CCCC1)N1CCC[C@H]1c1cccc(CN2CCCC2)n1. The van der Waals surface area contributed by atoms with Gasteiger partial charge < -0.3 is 4.90 Å². The van der Waals surface area contributed by atoms with Crippen molar-refractivity contribution in [2.24, 2.45) is 5.92 Å². The number of carbonyl (C=O) groups excluding carboxylic acids is 1. The molecule has 1 aromatic heterocycles. The predicted molar refractivity (Wildman–Crippen MR) is 94.4 cm³/mol. The molecular formula is C20H29N3O. The normalized spacial score (nSPS) is 25.7. The average molecular weight is 327 g/mol. The van der Waals surface area contributed by atoms with E-state index >= 15 is 0 Å². The van der Waals surface area contributed by atoms with Crippen molar-refractivity contribution in [3.05, 3.63) is 29.6 Å². The fraction of sp³-hybridized carbons (Fsp3) is 0.700. The van der Waals surface area contributed by atoms with Crippen molar-refractivity contribution in [2.75, 3.05) is 19.6 Å². The molecule has 2 aliphatic heterocycles. The molecule has 0 bridgehead atoms. The Kier molecular flexibility index (Phi) is 4.83. The van der Waals surface area contributed by atoms with Gasteiger partial charge in [0.2, 0.25) is 5.91 Å². The summed E-state index contributed by atoms with van der Waals surface area (Å²) in [6, 6.07) is 6.60. The molecule has 0 spiro atoms. The van der Waals surface area contributed by atoms with E-state index in [1.54, 1.807) is 0 Å². The molecule has 0 unspecified atom stereocenters. The predicted octanol–water partition coefficient (Wildman–Crippen LogP) is 3.53. The van der Waals surface area contributed by atoms with Crippen LogP contribution in [0.5, 0.6) is 0 Å². The van der Waals surface area contributed by atoms with Gasteiger partial charge in [-0.3, -0.25) is 14.7 Å². The van der Waals surface area contributed by atoms with Gasteiger partial charge in [-0.25, -0.2) is 0 Å². The smallest absolute Gasteiger partial charge is 0.226 e. The van der Waals surface area contributed by atoms with Crippen LogP contribution < -0.4 is 0 Å². The Morgan fingerprint density at radius 2 is 1.79 bits per heavy atom. The minimum absolute atomic E-state index is 0.205. The number of nitrogens with zero attached hydrogens (tertiary/aromatic N) is 3. The molecule has 1 aliphatic carbocycles. The van der Waals surface area contributed by atoms with Gasteiger partial charge in [-0.15, -0.1) is 0 Å². The van der Waals surface area contributed by atoms with E-state index < -0.39 is 0 Å². The van der Waals surface area contributed by atoms with Crippen LogP contribution in [0.15, 0.2) is 18.2 Å². The Morgan fingerprint density at radius 1 is 1.00 bits per heavy atom. The van der Waals surface area contributed by atoms with Crippen molar-refractivity contribution in [3.63, 3.8) is 0 Å². The van der Waals surface area contributed by atoms with E-state index in [9.17, 15) is 4.79 Å². The van der Waals surface area contributed by atoms with Crippen molar-refractivity contribution >= 4 is 5.91 Å². The van der Waals surface area contributed by atoms with Gasteiger partial charge in [0.05, 0.1) is 17.4 Å². The lowest BCUT2D eigenvalue weighted by molar-refractivity contribution is -0.136. The van der Waals surface area contributed by atoms with E-state index in [0.717, 1.165) is 50.2 Å². The highest BCUT2D eigenvalue weighted by molar-refractivity contribution is 5.79. The molecule has 4 rings (SSSR count). The molecule has 1 atom stereocenters. The van der Waals surface area contributed by atoms with Crippen LogP contribution in [0, 0.1) is 5.92 Å². The molecule has 3 heterocycles. The Labute approximate surface area is 145 Å². The Morgan fingerprint density at radius 3 is 2.58 bits per heavy atom. The zero-order valence-corrected chi connectivity index (χ0v) is 14.6. The van der Waals surface area contributed by atoms with E-state index in [4.69, 9.17) is 4.98 Å². The van der Waals surface area contributed by atoms with Crippen LogP contribution in [-0.2, 0) is 11.3 Å². The van der Waals surface area contributed by atoms with Gasteiger partial charge in [-0.05, 0) is 63.7 Å². The summed E-state index contributed by atoms with van der Waals surface area (Å²) in [4.78, 5) is 22.5. The summed E-state index contributed by atoms with van der Waals surface area (Å²) in [6.45, 7) is 4.26. The molecule has 24 heavy (non-hydrogen) atoms. The first-order valence-electron chi connectivity index (χ1n) is 9.80. The summed E-state index contributed by atoms with van der Waals surface area (Å²) in [6.07, 6.45) is 9.42. The molecule has 4 heteroatoms. The largest absolute Gasteiger partial charge is 0.334 e. The number of hydrogen-bond donors (Lipinski definition) is 0. The van der Waals surface area contributed by atoms with Crippen molar-refractivity contribution < 1.29 is 4.79 Å². The maximum Gasteiger partial charge on any atom is 0.226 e. The molecule has 4 nitrogen and oxygen atoms in total. The van der Waals surface area contributed by atoms with Gasteiger partial charge in [0.1, 0.15) is 0 Å². The minimum atomic E-state index is 0.205. The molecule has 0 radical (unpaired) electrons. The fourth-order valence-electron chi connectivity index (χ4n) is 4.69. The quantitative estimate of drug-likeness (QED) is 0.849. The molecule has 0 aromatic carbocycles. The molecular weight excluding hydrogens is 298 g/mol. The summed E-state index contributed by atoms with van der Waals surface area (Å²) in [5.41, 5.74) is 2.27. The molecule has 0 N–H and O–H groups in total. The number of amides is 1. The Bertz CT molecular complexity index is 576. The van der Waals surface area contributed by atoms with Gasteiger partial charge in [-0.1, -0.05) is 18.9 Å². The Hall–Kier alpha value is -1.42. The standard InChI is InChI=1S/C20H29N3O/c24-20(16-7-1-2-8-16)23-14-6-11-19(23)18-10-5-9-17(21-18)15-22-12-3-4-13-22/h5,9-10,16,19H,1-4,6-8,11-15H2/t19-/m0/s1. The second kappa shape index (κ2) is 7.22. The second-order valence-corrected chi connectivity index (χ2v) is 7.71. The maximum atomic E-state index is 12.9. The van der Waals surface area contributed by atoms with Crippen molar-refractivity contribution in [1.82, 2.24) is 14.8 Å². The minimum Gasteiger partial charge on any atom is -0.334 e. The molecule has 2 saturated heterocycles. The maximum absolute atomic E-state index is 12.9. The third-order valence-electron chi connectivity index (χ3n) is 5.99. The monoisotopic (exact) mass is 327 g/mol. The van der Waals surface area contributed by atoms with Crippen LogP contribution in [-0.4, -0.2) is 40.3 Å². The highest BCUT2D eigenvalue weighted by Gasteiger charge is 2.35. The number of pyridine rings is 1. The summed E-state index contributed by atoms with van der Waals surface area (Å²) in [5.74, 6) is 0.667. The number of carbonyl (C=O) groups is 1. The zero-order chi connectivity index (χ0) is 16.4. The lowest BCUT2D eigenvalue weighted by atomic mass is 10.0. The van der Waals surface area contributed by atoms with Gasteiger partial charge in [0, 0.05) is 19.0 Å². The van der Waals surface area contributed by atoms with Crippen molar-refractivity contribution in [2.45, 2.75) is 64.0 Å². The van der Waals surface area contributed by atoms with Gasteiger partial charge in [0.15, 0.2) is 0 Å². The summed E-state index contributed by atoms with van der Waals surface area (Å²) in [7, 11) is 0. The van der Waals surface area contributed by atoms with Gasteiger partial charge in [0.25, 0.3) is 0 Å². The summed E-state index contributed by atoms with van der Waals surface area (Å²) < 4.78 is 0. The first kappa shape index (κ1) is 16.1. The van der Waals surface area contributed by atoms with Crippen LogP contribution in [0.1, 0.15) is 68.8 Å². The first-order valence-corrected chi connectivity index (χ1v) is 9.80. The van der Waals surface area contributed by atoms with Crippen molar-refractivity contribution in [1.29, 1.82) is 0 Å². The lowest BCUT2D eigenvalue weighted by Crippen LogP contribution is -2.35. The van der Waals surface area contributed by atoms with E-state index in [1.165, 1.54) is 38.8 Å². The molecule has 1 amide bonds. The number of likely N-dealkylation sites (tertiary alicyclic amines) is 2. The average Bonchev–Trinajstić information content (AvgIpc) is 3.36. The van der Waals surface area contributed by atoms with E-state index in [0.29, 0.717) is 5.91 Å². The van der Waals surface area contributed by atoms with E-state index in [2.05, 4.69) is 28.0 Å². The third-order valence-corrected chi connectivity index (χ3v) is 5.99. The van der Waals surface area contributed by atoms with Gasteiger partial charge >= 0.3 is 0 Å². The number of rotatable bonds is 4. The lowest BCUT2D eigenvalue weighted by Gasteiger charge is -2.27. The number of aromatic nitrogens is 1. The van der Waals surface area contributed by atoms with E-state index in [1.807, 2.05) is 0 Å². The first-order chi connectivity index (χ1) is 11.8. The van der Waals surface area contributed by atoms with Crippen LogP contribution in [0.25, 0.3) is 0 Å². The fourth-order valence-corrected chi connectivity index (χ4v) is 4.69. The summed E-state index contributed by atoms with van der Waals surface area (Å²) >= 11 is 0. The molecule has 1 aromatic rings. The molecule has 3 aliphatic rings. The van der Waals surface area contributed by atoms with Gasteiger partial charge in [-0.2, -0.15) is 0 Å². The molecule has 1 saturated carbocycles. The number of hydrogen-bond acceptors (Lipinski definition) is 3. The zero-order valence-electron chi connectivity index (χ0n) is 14.6.